The molecular weight excluding hydrogens is 266 g/mol. The van der Waals surface area contributed by atoms with E-state index in [9.17, 15) is 5.26 Å². The van der Waals surface area contributed by atoms with E-state index in [1.165, 1.54) is 7.11 Å². The average Bonchev–Trinajstić information content (AvgIpc) is 2.54. The Morgan fingerprint density at radius 2 is 2.05 bits per heavy atom. The molecule has 0 aliphatic heterocycles. The fourth-order valence-corrected chi connectivity index (χ4v) is 2.02. The number of rotatable bonds is 6. The molecule has 2 N–H and O–H groups in total. The third-order valence-electron chi connectivity index (χ3n) is 3.02. The third kappa shape index (κ3) is 3.50. The van der Waals surface area contributed by atoms with Crippen molar-refractivity contribution in [3.8, 4) is 17.7 Å². The summed E-state index contributed by atoms with van der Waals surface area (Å²) < 4.78 is 11.0. The number of hydrogen-bond acceptors (Lipinski definition) is 5. The van der Waals surface area contributed by atoms with E-state index in [1.807, 2.05) is 30.3 Å². The lowest BCUT2D eigenvalue weighted by atomic mass is 10.1. The van der Waals surface area contributed by atoms with E-state index in [-0.39, 0.29) is 5.88 Å². The molecule has 0 atom stereocenters. The van der Waals surface area contributed by atoms with Crippen LogP contribution in [-0.4, -0.2) is 18.6 Å². The van der Waals surface area contributed by atoms with Gasteiger partial charge >= 0.3 is 0 Å². The van der Waals surface area contributed by atoms with Crippen LogP contribution >= 0.6 is 0 Å². The number of pyridine rings is 1. The van der Waals surface area contributed by atoms with Crippen molar-refractivity contribution in [2.75, 3.05) is 13.7 Å². The first-order valence-electron chi connectivity index (χ1n) is 6.63. The molecule has 1 heterocycles. The molecule has 5 nitrogen and oxygen atoms in total. The molecule has 21 heavy (non-hydrogen) atoms. The summed E-state index contributed by atoms with van der Waals surface area (Å²) in [5.41, 5.74) is 7.67. The van der Waals surface area contributed by atoms with Crippen LogP contribution in [0.1, 0.15) is 16.7 Å². The maximum atomic E-state index is 9.34. The molecule has 0 saturated heterocycles. The summed E-state index contributed by atoms with van der Waals surface area (Å²) >= 11 is 0. The Bertz CT molecular complexity index is 636. The maximum Gasteiger partial charge on any atom is 0.235 e. The van der Waals surface area contributed by atoms with Gasteiger partial charge in [0.1, 0.15) is 18.4 Å². The predicted octanol–water partition coefficient (Wildman–Crippen LogP) is 2.04. The number of hydrogen-bond donors (Lipinski definition) is 1. The Morgan fingerprint density at radius 1 is 1.29 bits per heavy atom. The lowest BCUT2D eigenvalue weighted by molar-refractivity contribution is 0.289. The van der Waals surface area contributed by atoms with E-state index in [2.05, 4.69) is 11.1 Å². The first kappa shape index (κ1) is 14.8. The number of nitrogens with two attached hydrogens (primary N) is 1. The van der Waals surface area contributed by atoms with Crippen LogP contribution in [0.15, 0.2) is 36.5 Å². The molecule has 108 valence electrons. The van der Waals surface area contributed by atoms with Crippen LogP contribution < -0.4 is 15.2 Å². The summed E-state index contributed by atoms with van der Waals surface area (Å²) in [6, 6.07) is 11.8. The Hall–Kier alpha value is -2.58. The van der Waals surface area contributed by atoms with Crippen molar-refractivity contribution in [3.05, 3.63) is 53.2 Å². The summed E-state index contributed by atoms with van der Waals surface area (Å²) in [5.74, 6) is 0.764. The minimum absolute atomic E-state index is 0.277. The van der Waals surface area contributed by atoms with E-state index in [0.29, 0.717) is 30.9 Å². The highest BCUT2D eigenvalue weighted by atomic mass is 16.5. The molecule has 0 radical (unpaired) electrons. The molecule has 0 amide bonds. The molecule has 0 fully saturated rings. The van der Waals surface area contributed by atoms with Gasteiger partial charge in [0.05, 0.1) is 7.11 Å². The molecule has 1 aromatic carbocycles. The molecule has 0 bridgehead atoms. The molecule has 2 rings (SSSR count). The number of methoxy groups -OCH3 is 1. The Morgan fingerprint density at radius 3 is 2.67 bits per heavy atom. The molecular formula is C16H17N3O2. The maximum absolute atomic E-state index is 9.34. The van der Waals surface area contributed by atoms with Gasteiger partial charge in [-0.05, 0) is 18.5 Å². The van der Waals surface area contributed by atoms with Crippen LogP contribution in [0.2, 0.25) is 0 Å². The molecule has 0 spiro atoms. The topological polar surface area (TPSA) is 81.2 Å². The van der Waals surface area contributed by atoms with E-state index in [0.717, 1.165) is 11.1 Å². The van der Waals surface area contributed by atoms with Gasteiger partial charge in [-0.2, -0.15) is 5.26 Å². The first-order valence-corrected chi connectivity index (χ1v) is 6.63. The van der Waals surface area contributed by atoms with Crippen molar-refractivity contribution in [2.24, 2.45) is 5.73 Å². The highest BCUT2D eigenvalue weighted by Gasteiger charge is 2.16. The number of nitriles is 1. The second-order valence-corrected chi connectivity index (χ2v) is 4.42. The Kier molecular flexibility index (Phi) is 5.13. The van der Waals surface area contributed by atoms with E-state index in [1.54, 1.807) is 6.20 Å². The SMILES string of the molecule is COc1c(CCN)cnc(OCc2ccccc2)c1C#N. The summed E-state index contributed by atoms with van der Waals surface area (Å²) in [5, 5.41) is 9.34. The standard InChI is InChI=1S/C16H17N3O2/c1-20-15-13(7-8-17)10-19-16(14(15)9-18)21-11-12-5-3-2-4-6-12/h2-6,10H,7-8,11,17H2,1H3. The average molecular weight is 283 g/mol. The summed E-state index contributed by atoms with van der Waals surface area (Å²) in [4.78, 5) is 4.21. The quantitative estimate of drug-likeness (QED) is 0.877. The second-order valence-electron chi connectivity index (χ2n) is 4.42. The van der Waals surface area contributed by atoms with Gasteiger partial charge in [-0.15, -0.1) is 0 Å². The van der Waals surface area contributed by atoms with Crippen molar-refractivity contribution in [2.45, 2.75) is 13.0 Å². The number of nitrogens with zero attached hydrogens (tertiary/aromatic N) is 2. The Labute approximate surface area is 123 Å². The van der Waals surface area contributed by atoms with Gasteiger partial charge < -0.3 is 15.2 Å². The molecule has 0 aliphatic carbocycles. The van der Waals surface area contributed by atoms with Crippen LogP contribution in [0, 0.1) is 11.3 Å². The van der Waals surface area contributed by atoms with Crippen molar-refractivity contribution in [3.63, 3.8) is 0 Å². The smallest absolute Gasteiger partial charge is 0.235 e. The van der Waals surface area contributed by atoms with Gasteiger partial charge in [0.25, 0.3) is 0 Å². The molecule has 0 aliphatic rings. The van der Waals surface area contributed by atoms with Gasteiger partial charge in [0.15, 0.2) is 5.56 Å². The van der Waals surface area contributed by atoms with Crippen molar-refractivity contribution in [1.29, 1.82) is 5.26 Å². The van der Waals surface area contributed by atoms with Crippen molar-refractivity contribution in [1.82, 2.24) is 4.98 Å². The van der Waals surface area contributed by atoms with Crippen LogP contribution in [0.5, 0.6) is 11.6 Å². The van der Waals surface area contributed by atoms with Crippen LogP contribution in [0.3, 0.4) is 0 Å². The largest absolute Gasteiger partial charge is 0.495 e. The van der Waals surface area contributed by atoms with E-state index >= 15 is 0 Å². The molecule has 1 aromatic heterocycles. The van der Waals surface area contributed by atoms with Crippen LogP contribution in [0.25, 0.3) is 0 Å². The zero-order valence-corrected chi connectivity index (χ0v) is 11.9. The predicted molar refractivity (Wildman–Crippen MR) is 79.0 cm³/mol. The van der Waals surface area contributed by atoms with Gasteiger partial charge in [0.2, 0.25) is 5.88 Å². The summed E-state index contributed by atoms with van der Waals surface area (Å²) in [6.07, 6.45) is 2.25. The molecule has 5 heteroatoms. The van der Waals surface area contributed by atoms with E-state index < -0.39 is 0 Å². The molecule has 2 aromatic rings. The van der Waals surface area contributed by atoms with Gasteiger partial charge in [-0.1, -0.05) is 30.3 Å². The first-order chi connectivity index (χ1) is 10.3. The summed E-state index contributed by atoms with van der Waals surface area (Å²) in [6.45, 7) is 0.815. The van der Waals surface area contributed by atoms with Crippen LogP contribution in [0.4, 0.5) is 0 Å². The third-order valence-corrected chi connectivity index (χ3v) is 3.02. The fourth-order valence-electron chi connectivity index (χ4n) is 2.02. The lowest BCUT2D eigenvalue weighted by Gasteiger charge is -2.13. The van der Waals surface area contributed by atoms with Crippen LogP contribution in [-0.2, 0) is 13.0 Å². The minimum atomic E-state index is 0.277. The van der Waals surface area contributed by atoms with Gasteiger partial charge in [-0.3, -0.25) is 0 Å². The van der Waals surface area contributed by atoms with Crippen molar-refractivity contribution < 1.29 is 9.47 Å². The normalized spacial score (nSPS) is 9.95. The number of ether oxygens (including phenoxy) is 2. The van der Waals surface area contributed by atoms with Gasteiger partial charge in [0, 0.05) is 11.8 Å². The fraction of sp³-hybridized carbons (Fsp3) is 0.250. The second kappa shape index (κ2) is 7.27. The molecule has 0 saturated carbocycles. The number of benzene rings is 1. The lowest BCUT2D eigenvalue weighted by Crippen LogP contribution is -2.08. The van der Waals surface area contributed by atoms with E-state index in [4.69, 9.17) is 15.2 Å². The highest BCUT2D eigenvalue weighted by molar-refractivity contribution is 5.53. The summed E-state index contributed by atoms with van der Waals surface area (Å²) in [7, 11) is 1.52. The Balaban J connectivity index is 2.25. The number of aromatic nitrogens is 1. The zero-order valence-electron chi connectivity index (χ0n) is 11.9. The highest BCUT2D eigenvalue weighted by Crippen LogP contribution is 2.30. The van der Waals surface area contributed by atoms with Gasteiger partial charge in [-0.25, -0.2) is 4.98 Å². The zero-order chi connectivity index (χ0) is 15.1. The molecule has 0 unspecified atom stereocenters. The monoisotopic (exact) mass is 283 g/mol. The minimum Gasteiger partial charge on any atom is -0.495 e. The van der Waals surface area contributed by atoms with Crippen molar-refractivity contribution >= 4 is 0 Å².